The van der Waals surface area contributed by atoms with Crippen LogP contribution in [0, 0.1) is 4.77 Å². The van der Waals surface area contributed by atoms with Gasteiger partial charge in [0.1, 0.15) is 5.56 Å². The van der Waals surface area contributed by atoms with Gasteiger partial charge >= 0.3 is 0 Å². The zero-order valence-corrected chi connectivity index (χ0v) is 13.5. The second kappa shape index (κ2) is 7.06. The third-order valence-electron chi connectivity index (χ3n) is 3.47. The predicted octanol–water partition coefficient (Wildman–Crippen LogP) is 3.22. The number of hydrogen-bond acceptors (Lipinski definition) is 4. The number of nitrogens with zero attached hydrogens (tertiary/aromatic N) is 2. The molecule has 0 saturated carbocycles. The van der Waals surface area contributed by atoms with Crippen molar-refractivity contribution in [2.24, 2.45) is 4.99 Å². The first-order valence-corrected chi connectivity index (χ1v) is 7.75. The van der Waals surface area contributed by atoms with Crippen molar-refractivity contribution in [3.8, 4) is 11.6 Å². The first-order valence-electron chi connectivity index (χ1n) is 7.34. The Balaban J connectivity index is 2.00. The monoisotopic (exact) mass is 337 g/mol. The summed E-state index contributed by atoms with van der Waals surface area (Å²) in [5.41, 5.74) is 1.28. The van der Waals surface area contributed by atoms with Gasteiger partial charge in [-0.15, -0.1) is 0 Å². The van der Waals surface area contributed by atoms with Gasteiger partial charge in [0, 0.05) is 6.21 Å². The lowest BCUT2D eigenvalue weighted by Gasteiger charge is -2.10. The Morgan fingerprint density at radius 3 is 2.38 bits per heavy atom. The van der Waals surface area contributed by atoms with Gasteiger partial charge in [0.05, 0.1) is 12.2 Å². The van der Waals surface area contributed by atoms with Crippen LogP contribution in [0.4, 0.5) is 0 Å². The second-order valence-electron chi connectivity index (χ2n) is 5.12. The molecule has 0 saturated heterocycles. The average Bonchev–Trinajstić information content (AvgIpc) is 2.59. The molecule has 0 aliphatic carbocycles. The third-order valence-corrected chi connectivity index (χ3v) is 3.76. The molecule has 0 radical (unpaired) electrons. The summed E-state index contributed by atoms with van der Waals surface area (Å²) in [6.07, 6.45) is 1.37. The molecule has 0 unspecified atom stereocenters. The average molecular weight is 337 g/mol. The minimum absolute atomic E-state index is 0.0726. The van der Waals surface area contributed by atoms with Crippen LogP contribution in [-0.2, 0) is 6.54 Å². The van der Waals surface area contributed by atoms with Crippen molar-refractivity contribution < 1.29 is 5.11 Å². The molecule has 3 rings (SSSR count). The fourth-order valence-electron chi connectivity index (χ4n) is 2.30. The van der Waals surface area contributed by atoms with E-state index in [-0.39, 0.29) is 16.2 Å². The van der Waals surface area contributed by atoms with Crippen molar-refractivity contribution in [3.63, 3.8) is 0 Å². The van der Waals surface area contributed by atoms with E-state index in [9.17, 15) is 9.90 Å². The molecule has 0 aliphatic heterocycles. The summed E-state index contributed by atoms with van der Waals surface area (Å²) in [5.74, 6) is -0.230. The molecule has 0 fully saturated rings. The number of benzene rings is 2. The standard InChI is InChI=1S/C18H15N3O2S/c22-16-15(12-19-11-13-7-3-1-4-8-13)17(23)21(18(24)20-16)14-9-5-2-6-10-14/h1-10,12,23H,11H2,(H,20,22,24). The Morgan fingerprint density at radius 1 is 1.08 bits per heavy atom. The topological polar surface area (TPSA) is 70.4 Å². The van der Waals surface area contributed by atoms with Gasteiger partial charge in [0.2, 0.25) is 5.88 Å². The molecule has 6 heteroatoms. The van der Waals surface area contributed by atoms with Crippen molar-refractivity contribution >= 4 is 18.4 Å². The molecule has 0 atom stereocenters. The number of aromatic amines is 1. The van der Waals surface area contributed by atoms with Gasteiger partial charge in [-0.2, -0.15) is 0 Å². The van der Waals surface area contributed by atoms with Gasteiger partial charge in [-0.05, 0) is 29.9 Å². The number of H-pyrrole nitrogens is 1. The molecule has 1 heterocycles. The van der Waals surface area contributed by atoms with Crippen molar-refractivity contribution in [2.75, 3.05) is 0 Å². The van der Waals surface area contributed by atoms with E-state index >= 15 is 0 Å². The quantitative estimate of drug-likeness (QED) is 0.567. The molecule has 2 aromatic carbocycles. The van der Waals surface area contributed by atoms with Crippen LogP contribution in [0.1, 0.15) is 11.1 Å². The molecule has 0 aliphatic rings. The highest BCUT2D eigenvalue weighted by Gasteiger charge is 2.12. The number of hydrogen-bond donors (Lipinski definition) is 2. The first-order chi connectivity index (χ1) is 11.7. The molecule has 0 amide bonds. The smallest absolute Gasteiger partial charge is 0.264 e. The molecule has 0 bridgehead atoms. The number of para-hydroxylation sites is 1. The summed E-state index contributed by atoms with van der Waals surface area (Å²) in [6.45, 7) is 0.417. The van der Waals surface area contributed by atoms with E-state index in [4.69, 9.17) is 12.2 Å². The second-order valence-corrected chi connectivity index (χ2v) is 5.51. The molecular weight excluding hydrogens is 322 g/mol. The zero-order chi connectivity index (χ0) is 16.9. The SMILES string of the molecule is O=c1[nH]c(=S)n(-c2ccccc2)c(O)c1C=NCc1ccccc1. The van der Waals surface area contributed by atoms with Crippen LogP contribution in [-0.4, -0.2) is 20.9 Å². The Kier molecular flexibility index (Phi) is 4.67. The van der Waals surface area contributed by atoms with Crippen molar-refractivity contribution in [3.05, 3.63) is 86.9 Å². The van der Waals surface area contributed by atoms with Crippen molar-refractivity contribution in [2.45, 2.75) is 6.54 Å². The summed E-state index contributed by atoms with van der Waals surface area (Å²) in [5, 5.41) is 10.5. The maximum absolute atomic E-state index is 12.1. The van der Waals surface area contributed by atoms with E-state index in [0.717, 1.165) is 5.56 Å². The Bertz CT molecular complexity index is 977. The lowest BCUT2D eigenvalue weighted by Crippen LogP contribution is -2.18. The highest BCUT2D eigenvalue weighted by atomic mass is 32.1. The summed E-state index contributed by atoms with van der Waals surface area (Å²) in [4.78, 5) is 18.9. The third kappa shape index (κ3) is 3.33. The van der Waals surface area contributed by atoms with E-state index in [1.165, 1.54) is 10.8 Å². The van der Waals surface area contributed by atoms with Gasteiger partial charge in [-0.25, -0.2) is 0 Å². The minimum Gasteiger partial charge on any atom is -0.494 e. The van der Waals surface area contributed by atoms with E-state index in [1.54, 1.807) is 12.1 Å². The van der Waals surface area contributed by atoms with E-state index in [1.807, 2.05) is 48.5 Å². The number of nitrogens with one attached hydrogen (secondary N) is 1. The molecule has 2 N–H and O–H groups in total. The van der Waals surface area contributed by atoms with Gasteiger partial charge < -0.3 is 5.11 Å². The summed E-state index contributed by atoms with van der Waals surface area (Å²) < 4.78 is 1.53. The van der Waals surface area contributed by atoms with E-state index in [2.05, 4.69) is 9.98 Å². The first kappa shape index (κ1) is 15.9. The molecule has 5 nitrogen and oxygen atoms in total. The largest absolute Gasteiger partial charge is 0.494 e. The minimum atomic E-state index is -0.471. The maximum atomic E-state index is 12.1. The zero-order valence-electron chi connectivity index (χ0n) is 12.7. The lowest BCUT2D eigenvalue weighted by molar-refractivity contribution is 0.432. The normalized spacial score (nSPS) is 11.0. The van der Waals surface area contributed by atoms with Crippen LogP contribution in [0.2, 0.25) is 0 Å². The molecule has 1 aromatic heterocycles. The van der Waals surface area contributed by atoms with E-state index in [0.29, 0.717) is 12.2 Å². The molecule has 24 heavy (non-hydrogen) atoms. The van der Waals surface area contributed by atoms with Gasteiger partial charge in [-0.3, -0.25) is 19.3 Å². The van der Waals surface area contributed by atoms with Gasteiger partial charge in [-0.1, -0.05) is 48.5 Å². The van der Waals surface area contributed by atoms with Gasteiger partial charge in [0.25, 0.3) is 5.56 Å². The number of aromatic hydroxyl groups is 1. The van der Waals surface area contributed by atoms with Crippen LogP contribution in [0.25, 0.3) is 5.69 Å². The molecular formula is C18H15N3O2S. The van der Waals surface area contributed by atoms with Crippen LogP contribution in [0.15, 0.2) is 70.5 Å². The number of aromatic nitrogens is 2. The Hall–Kier alpha value is -2.99. The molecule has 3 aromatic rings. The van der Waals surface area contributed by atoms with Crippen molar-refractivity contribution in [1.82, 2.24) is 9.55 Å². The molecule has 0 spiro atoms. The lowest BCUT2D eigenvalue weighted by atomic mass is 10.2. The van der Waals surface area contributed by atoms with Gasteiger partial charge in [0.15, 0.2) is 4.77 Å². The summed E-state index contributed by atoms with van der Waals surface area (Å²) >= 11 is 5.16. The summed E-state index contributed by atoms with van der Waals surface area (Å²) in [6, 6.07) is 18.7. The van der Waals surface area contributed by atoms with Crippen LogP contribution in [0.3, 0.4) is 0 Å². The fourth-order valence-corrected chi connectivity index (χ4v) is 2.58. The Labute approximate surface area is 143 Å². The van der Waals surface area contributed by atoms with E-state index < -0.39 is 5.56 Å². The number of rotatable bonds is 4. The predicted molar refractivity (Wildman–Crippen MR) is 96.6 cm³/mol. The van der Waals surface area contributed by atoms with Crippen molar-refractivity contribution in [1.29, 1.82) is 0 Å². The number of aliphatic imine (C=N–C) groups is 1. The highest BCUT2D eigenvalue weighted by molar-refractivity contribution is 7.71. The fraction of sp³-hybridized carbons (Fsp3) is 0.0556. The molecule has 120 valence electrons. The summed E-state index contributed by atoms with van der Waals surface area (Å²) in [7, 11) is 0. The van der Waals surface area contributed by atoms with Crippen LogP contribution >= 0.6 is 12.2 Å². The highest BCUT2D eigenvalue weighted by Crippen LogP contribution is 2.18. The van der Waals surface area contributed by atoms with Crippen LogP contribution in [0.5, 0.6) is 5.88 Å². The van der Waals surface area contributed by atoms with Crippen LogP contribution < -0.4 is 5.56 Å². The Morgan fingerprint density at radius 2 is 1.71 bits per heavy atom. The maximum Gasteiger partial charge on any atom is 0.264 e.